The fraction of sp³-hybridized carbons (Fsp3) is 0.400. The molecule has 0 atom stereocenters. The summed E-state index contributed by atoms with van der Waals surface area (Å²) < 4.78 is 67.7. The van der Waals surface area contributed by atoms with Crippen molar-refractivity contribution in [1.29, 1.82) is 0 Å². The molecule has 2 aromatic rings. The second kappa shape index (κ2) is 7.41. The number of nitrogens with zero attached hydrogens (tertiary/aromatic N) is 2. The highest BCUT2D eigenvalue weighted by atomic mass is 32.2. The van der Waals surface area contributed by atoms with Crippen LogP contribution in [0.2, 0.25) is 0 Å². The molecule has 26 heavy (non-hydrogen) atoms. The zero-order valence-electron chi connectivity index (χ0n) is 13.4. The average molecular weight is 407 g/mol. The molecule has 1 aliphatic rings. The van der Waals surface area contributed by atoms with Crippen LogP contribution in [0.25, 0.3) is 0 Å². The lowest BCUT2D eigenvalue weighted by atomic mass is 10.1. The molecule has 142 valence electrons. The number of aromatic nitrogens is 1. The van der Waals surface area contributed by atoms with Crippen LogP contribution in [0.1, 0.15) is 12.8 Å². The van der Waals surface area contributed by atoms with Crippen LogP contribution in [0.3, 0.4) is 0 Å². The molecular weight excluding hydrogens is 391 g/mol. The number of hydrogen-bond donors (Lipinski definition) is 1. The van der Waals surface area contributed by atoms with E-state index in [0.717, 1.165) is 17.5 Å². The maximum atomic E-state index is 12.2. The molecule has 0 saturated carbocycles. The van der Waals surface area contributed by atoms with Crippen LogP contribution in [-0.2, 0) is 10.0 Å². The van der Waals surface area contributed by atoms with Crippen LogP contribution >= 0.6 is 11.3 Å². The number of thiophene rings is 1. The predicted octanol–water partition coefficient (Wildman–Crippen LogP) is 2.99. The number of sulfonamides is 1. The normalized spacial score (nSPS) is 16.7. The summed E-state index contributed by atoms with van der Waals surface area (Å²) in [6, 6.07) is 5.71. The number of anilines is 1. The molecular formula is C15H16F3N3O3S2. The van der Waals surface area contributed by atoms with Crippen LogP contribution in [0.5, 0.6) is 5.75 Å². The van der Waals surface area contributed by atoms with Crippen molar-refractivity contribution in [2.24, 2.45) is 0 Å². The van der Waals surface area contributed by atoms with E-state index in [2.05, 4.69) is 14.4 Å². The lowest BCUT2D eigenvalue weighted by molar-refractivity contribution is -0.274. The molecule has 0 aliphatic carbocycles. The predicted molar refractivity (Wildman–Crippen MR) is 90.8 cm³/mol. The Morgan fingerprint density at radius 2 is 1.96 bits per heavy atom. The first kappa shape index (κ1) is 18.9. The van der Waals surface area contributed by atoms with Crippen molar-refractivity contribution in [3.8, 4) is 5.75 Å². The number of nitrogens with one attached hydrogen (secondary N) is 1. The number of alkyl halides is 3. The van der Waals surface area contributed by atoms with Gasteiger partial charge in [0.1, 0.15) is 15.8 Å². The second-order valence-electron chi connectivity index (χ2n) is 5.71. The Morgan fingerprint density at radius 1 is 1.23 bits per heavy atom. The van der Waals surface area contributed by atoms with Gasteiger partial charge in [-0.05, 0) is 36.4 Å². The minimum Gasteiger partial charge on any atom is -0.404 e. The first-order chi connectivity index (χ1) is 12.2. The van der Waals surface area contributed by atoms with Crippen molar-refractivity contribution in [2.75, 3.05) is 18.0 Å². The van der Waals surface area contributed by atoms with E-state index in [1.807, 2.05) is 4.90 Å². The molecule has 11 heteroatoms. The standard InChI is InChI=1S/C15H16F3N3O3S2/c16-15(17,18)24-12-3-4-13(19-10-12)21-7-5-11(6-8-21)20-26(22,23)14-2-1-9-25-14/h1-4,9-11,20H,5-8H2. The molecule has 0 aromatic carbocycles. The van der Waals surface area contributed by atoms with Crippen molar-refractivity contribution < 1.29 is 26.3 Å². The quantitative estimate of drug-likeness (QED) is 0.825. The van der Waals surface area contributed by atoms with Gasteiger partial charge in [0, 0.05) is 19.1 Å². The maximum absolute atomic E-state index is 12.2. The fourth-order valence-corrected chi connectivity index (χ4v) is 4.99. The molecule has 1 fully saturated rings. The summed E-state index contributed by atoms with van der Waals surface area (Å²) in [5.74, 6) is 0.152. The number of pyridine rings is 1. The molecule has 0 radical (unpaired) electrons. The van der Waals surface area contributed by atoms with Gasteiger partial charge < -0.3 is 9.64 Å². The molecule has 6 nitrogen and oxygen atoms in total. The van der Waals surface area contributed by atoms with Crippen LogP contribution < -0.4 is 14.4 Å². The largest absolute Gasteiger partial charge is 0.573 e. The Balaban J connectivity index is 1.55. The first-order valence-electron chi connectivity index (χ1n) is 7.75. The summed E-state index contributed by atoms with van der Waals surface area (Å²) in [5, 5.41) is 1.70. The third-order valence-corrected chi connectivity index (χ3v) is 6.77. The van der Waals surface area contributed by atoms with Crippen molar-refractivity contribution in [2.45, 2.75) is 29.5 Å². The van der Waals surface area contributed by atoms with E-state index >= 15 is 0 Å². The number of piperidine rings is 1. The third-order valence-electron chi connectivity index (χ3n) is 3.86. The van der Waals surface area contributed by atoms with Crippen molar-refractivity contribution in [3.63, 3.8) is 0 Å². The monoisotopic (exact) mass is 407 g/mol. The summed E-state index contributed by atoms with van der Waals surface area (Å²) >= 11 is 1.16. The average Bonchev–Trinajstić information content (AvgIpc) is 3.10. The minimum absolute atomic E-state index is 0.189. The van der Waals surface area contributed by atoms with Crippen molar-refractivity contribution in [1.82, 2.24) is 9.71 Å². The van der Waals surface area contributed by atoms with Gasteiger partial charge >= 0.3 is 6.36 Å². The summed E-state index contributed by atoms with van der Waals surface area (Å²) in [5.41, 5.74) is 0. The molecule has 3 rings (SSSR count). The molecule has 1 aliphatic heterocycles. The molecule has 1 N–H and O–H groups in total. The van der Waals surface area contributed by atoms with E-state index in [0.29, 0.717) is 31.7 Å². The molecule has 0 unspecified atom stereocenters. The summed E-state index contributed by atoms with van der Waals surface area (Å²) in [6.07, 6.45) is -2.57. The Bertz CT molecular complexity index is 816. The van der Waals surface area contributed by atoms with Crippen LogP contribution in [-0.4, -0.2) is 38.9 Å². The van der Waals surface area contributed by atoms with E-state index in [-0.39, 0.29) is 16.0 Å². The van der Waals surface area contributed by atoms with Gasteiger partial charge in [0.2, 0.25) is 10.0 Å². The lowest BCUT2D eigenvalue weighted by Crippen LogP contribution is -2.44. The van der Waals surface area contributed by atoms with E-state index < -0.39 is 16.4 Å². The first-order valence-corrected chi connectivity index (χ1v) is 10.1. The van der Waals surface area contributed by atoms with Crippen molar-refractivity contribution >= 4 is 27.2 Å². The number of rotatable bonds is 5. The maximum Gasteiger partial charge on any atom is 0.573 e. The van der Waals surface area contributed by atoms with Gasteiger partial charge in [-0.1, -0.05) is 6.07 Å². The van der Waals surface area contributed by atoms with Gasteiger partial charge in [-0.25, -0.2) is 18.1 Å². The summed E-state index contributed by atoms with van der Waals surface area (Å²) in [4.78, 5) is 5.89. The van der Waals surface area contributed by atoms with E-state index in [1.165, 1.54) is 12.1 Å². The molecule has 0 bridgehead atoms. The summed E-state index contributed by atoms with van der Waals surface area (Å²) in [7, 11) is -3.51. The highest BCUT2D eigenvalue weighted by Crippen LogP contribution is 2.25. The number of hydrogen-bond acceptors (Lipinski definition) is 6. The number of halogens is 3. The van der Waals surface area contributed by atoms with E-state index in [4.69, 9.17) is 0 Å². The minimum atomic E-state index is -4.75. The Labute approximate surface area is 152 Å². The van der Waals surface area contributed by atoms with E-state index in [1.54, 1.807) is 17.5 Å². The highest BCUT2D eigenvalue weighted by Gasteiger charge is 2.31. The Morgan fingerprint density at radius 3 is 2.50 bits per heavy atom. The zero-order chi connectivity index (χ0) is 18.8. The second-order valence-corrected chi connectivity index (χ2v) is 8.60. The van der Waals surface area contributed by atoms with Gasteiger partial charge in [0.15, 0.2) is 0 Å². The number of ether oxygens (including phenoxy) is 1. The zero-order valence-corrected chi connectivity index (χ0v) is 15.1. The summed E-state index contributed by atoms with van der Waals surface area (Å²) in [6.45, 7) is 1.09. The van der Waals surface area contributed by atoms with Gasteiger partial charge in [-0.3, -0.25) is 0 Å². The Hall–Kier alpha value is -1.85. The molecule has 1 saturated heterocycles. The Kier molecular flexibility index (Phi) is 5.39. The van der Waals surface area contributed by atoms with Gasteiger partial charge in [0.05, 0.1) is 6.20 Å². The molecule has 0 amide bonds. The van der Waals surface area contributed by atoms with Crippen LogP contribution in [0.4, 0.5) is 19.0 Å². The molecule has 2 aromatic heterocycles. The van der Waals surface area contributed by atoms with Crippen molar-refractivity contribution in [3.05, 3.63) is 35.8 Å². The van der Waals surface area contributed by atoms with Crippen LogP contribution in [0, 0.1) is 0 Å². The highest BCUT2D eigenvalue weighted by molar-refractivity contribution is 7.91. The van der Waals surface area contributed by atoms with Crippen LogP contribution in [0.15, 0.2) is 40.1 Å². The topological polar surface area (TPSA) is 71.5 Å². The molecule has 0 spiro atoms. The van der Waals surface area contributed by atoms with Gasteiger partial charge in [-0.2, -0.15) is 0 Å². The third kappa shape index (κ3) is 4.86. The lowest BCUT2D eigenvalue weighted by Gasteiger charge is -2.32. The van der Waals surface area contributed by atoms with E-state index in [9.17, 15) is 21.6 Å². The SMILES string of the molecule is O=S(=O)(NC1CCN(c2ccc(OC(F)(F)F)cn2)CC1)c1cccs1. The smallest absolute Gasteiger partial charge is 0.404 e. The fourth-order valence-electron chi connectivity index (χ4n) is 2.67. The van der Waals surface area contributed by atoms with Gasteiger partial charge in [0.25, 0.3) is 0 Å². The molecule has 3 heterocycles. The van der Waals surface area contributed by atoms with Gasteiger partial charge in [-0.15, -0.1) is 24.5 Å².